The number of Topliss-reactive ketones (excluding diaryl/α,β-unsaturated/α-hetero) is 1. The minimum atomic E-state index is 0.0226. The van der Waals surface area contributed by atoms with Crippen LogP contribution in [0, 0.1) is 23.7 Å². The molecule has 0 radical (unpaired) electrons. The van der Waals surface area contributed by atoms with Gasteiger partial charge >= 0.3 is 0 Å². The van der Waals surface area contributed by atoms with Crippen molar-refractivity contribution >= 4 is 5.78 Å². The number of carbonyl (C=O) groups is 1. The first-order chi connectivity index (χ1) is 4.29. The fourth-order valence-electron chi connectivity index (χ4n) is 1.63. The van der Waals surface area contributed by atoms with Gasteiger partial charge in [0.2, 0.25) is 0 Å². The van der Waals surface area contributed by atoms with E-state index < -0.39 is 0 Å². The normalized spacial score (nSPS) is 35.4. The number of ketones is 1. The molecule has 46 valence electrons. The molecule has 0 aromatic heterocycles. The molecule has 0 N–H and O–H groups in total. The number of hydrogen-bond donors (Lipinski definition) is 0. The van der Waals surface area contributed by atoms with Crippen molar-refractivity contribution < 1.29 is 4.79 Å². The van der Waals surface area contributed by atoms with Crippen LogP contribution in [-0.4, -0.2) is 5.78 Å². The van der Waals surface area contributed by atoms with E-state index in [1.807, 2.05) is 0 Å². The van der Waals surface area contributed by atoms with Crippen LogP contribution in [0.25, 0.3) is 0 Å². The Morgan fingerprint density at radius 3 is 2.56 bits per heavy atom. The molecule has 1 unspecified atom stereocenters. The molecular weight excluding hydrogens is 112 g/mol. The molecule has 2 aliphatic carbocycles. The molecular formula is C8H8O. The van der Waals surface area contributed by atoms with Crippen molar-refractivity contribution in [2.24, 2.45) is 11.3 Å². The van der Waals surface area contributed by atoms with E-state index in [1.54, 1.807) is 0 Å². The zero-order valence-electron chi connectivity index (χ0n) is 5.18. The van der Waals surface area contributed by atoms with Crippen LogP contribution in [0.1, 0.15) is 19.3 Å². The maximum atomic E-state index is 10.9. The van der Waals surface area contributed by atoms with Gasteiger partial charge in [0.25, 0.3) is 0 Å². The van der Waals surface area contributed by atoms with Crippen molar-refractivity contribution in [1.29, 1.82) is 0 Å². The Bertz CT molecular complexity index is 205. The molecule has 0 aromatic carbocycles. The summed E-state index contributed by atoms with van der Waals surface area (Å²) in [6, 6.07) is 0. The predicted octanol–water partition coefficient (Wildman–Crippen LogP) is 0.989. The van der Waals surface area contributed by atoms with E-state index in [2.05, 4.69) is 5.92 Å². The second kappa shape index (κ2) is 1.21. The second-order valence-electron chi connectivity index (χ2n) is 3.00. The zero-order valence-corrected chi connectivity index (χ0v) is 5.18. The molecule has 2 fully saturated rings. The Kier molecular flexibility index (Phi) is 0.679. The molecule has 0 aromatic rings. The summed E-state index contributed by atoms with van der Waals surface area (Å²) in [5.41, 5.74) is 0.0226. The van der Waals surface area contributed by atoms with Crippen molar-refractivity contribution in [3.05, 3.63) is 0 Å². The van der Waals surface area contributed by atoms with E-state index in [1.165, 1.54) is 0 Å². The van der Waals surface area contributed by atoms with Crippen molar-refractivity contribution in [2.45, 2.75) is 19.3 Å². The largest absolute Gasteiger partial charge is 0.299 e. The summed E-state index contributed by atoms with van der Waals surface area (Å²) in [4.78, 5) is 10.9. The molecule has 0 bridgehead atoms. The van der Waals surface area contributed by atoms with Crippen LogP contribution in [0.15, 0.2) is 0 Å². The van der Waals surface area contributed by atoms with Crippen molar-refractivity contribution in [2.75, 3.05) is 0 Å². The van der Waals surface area contributed by atoms with Gasteiger partial charge in [0.1, 0.15) is 5.78 Å². The lowest BCUT2D eigenvalue weighted by atomic mass is 9.70. The monoisotopic (exact) mass is 120 g/mol. The molecule has 0 amide bonds. The van der Waals surface area contributed by atoms with Crippen LogP contribution in [0.4, 0.5) is 0 Å². The standard InChI is InChI=1S/C8H8O/c1-2-6-5-7(9)8(6)3-4-8/h1,6H,3-5H2. The number of terminal acetylenes is 1. The first-order valence-corrected chi connectivity index (χ1v) is 3.29. The van der Waals surface area contributed by atoms with Crippen LogP contribution < -0.4 is 0 Å². The van der Waals surface area contributed by atoms with E-state index >= 15 is 0 Å². The first-order valence-electron chi connectivity index (χ1n) is 3.29. The summed E-state index contributed by atoms with van der Waals surface area (Å²) < 4.78 is 0. The van der Waals surface area contributed by atoms with Crippen molar-refractivity contribution in [3.63, 3.8) is 0 Å². The molecule has 2 rings (SSSR count). The minimum Gasteiger partial charge on any atom is -0.299 e. The molecule has 1 atom stereocenters. The highest BCUT2D eigenvalue weighted by Gasteiger charge is 2.62. The van der Waals surface area contributed by atoms with Crippen LogP contribution in [-0.2, 0) is 4.79 Å². The highest BCUT2D eigenvalue weighted by atomic mass is 16.1. The number of carbonyl (C=O) groups excluding carboxylic acids is 1. The van der Waals surface area contributed by atoms with Crippen LogP contribution >= 0.6 is 0 Å². The third-order valence-corrected chi connectivity index (χ3v) is 2.60. The van der Waals surface area contributed by atoms with Crippen molar-refractivity contribution in [3.8, 4) is 12.3 Å². The molecule has 1 spiro atoms. The quantitative estimate of drug-likeness (QED) is 0.436. The van der Waals surface area contributed by atoms with E-state index in [0.717, 1.165) is 12.8 Å². The fourth-order valence-corrected chi connectivity index (χ4v) is 1.63. The number of hydrogen-bond acceptors (Lipinski definition) is 1. The van der Waals surface area contributed by atoms with Crippen LogP contribution in [0.3, 0.4) is 0 Å². The molecule has 0 saturated heterocycles. The lowest BCUT2D eigenvalue weighted by Crippen LogP contribution is -2.37. The van der Waals surface area contributed by atoms with Gasteiger partial charge in [0.05, 0.1) is 0 Å². The third-order valence-electron chi connectivity index (χ3n) is 2.60. The lowest BCUT2D eigenvalue weighted by Gasteiger charge is -2.30. The van der Waals surface area contributed by atoms with E-state index in [4.69, 9.17) is 6.42 Å². The van der Waals surface area contributed by atoms with Gasteiger partial charge in [0, 0.05) is 17.8 Å². The highest BCUT2D eigenvalue weighted by molar-refractivity contribution is 5.95. The average molecular weight is 120 g/mol. The number of rotatable bonds is 0. The molecule has 1 heteroatoms. The van der Waals surface area contributed by atoms with Gasteiger partial charge in [-0.15, -0.1) is 12.3 Å². The molecule has 2 saturated carbocycles. The topological polar surface area (TPSA) is 17.1 Å². The summed E-state index contributed by atoms with van der Waals surface area (Å²) in [6.45, 7) is 0. The van der Waals surface area contributed by atoms with Crippen LogP contribution in [0.5, 0.6) is 0 Å². The SMILES string of the molecule is C#CC1CC(=O)C12CC2. The summed E-state index contributed by atoms with van der Waals surface area (Å²) in [5, 5.41) is 0. The van der Waals surface area contributed by atoms with Crippen molar-refractivity contribution in [1.82, 2.24) is 0 Å². The summed E-state index contributed by atoms with van der Waals surface area (Å²) in [5.74, 6) is 3.37. The van der Waals surface area contributed by atoms with Gasteiger partial charge in [-0.05, 0) is 12.8 Å². The second-order valence-corrected chi connectivity index (χ2v) is 3.00. The third kappa shape index (κ3) is 0.400. The van der Waals surface area contributed by atoms with Gasteiger partial charge in [-0.2, -0.15) is 0 Å². The molecule has 9 heavy (non-hydrogen) atoms. The molecule has 0 heterocycles. The lowest BCUT2D eigenvalue weighted by molar-refractivity contribution is -0.134. The highest BCUT2D eigenvalue weighted by Crippen LogP contribution is 2.61. The van der Waals surface area contributed by atoms with Crippen LogP contribution in [0.2, 0.25) is 0 Å². The summed E-state index contributed by atoms with van der Waals surface area (Å²) in [6.07, 6.45) is 7.97. The Hall–Kier alpha value is -0.770. The van der Waals surface area contributed by atoms with Gasteiger partial charge in [-0.25, -0.2) is 0 Å². The fraction of sp³-hybridized carbons (Fsp3) is 0.625. The van der Waals surface area contributed by atoms with Gasteiger partial charge in [-0.3, -0.25) is 4.79 Å². The van der Waals surface area contributed by atoms with E-state index in [-0.39, 0.29) is 5.41 Å². The molecule has 1 nitrogen and oxygen atoms in total. The predicted molar refractivity (Wildman–Crippen MR) is 33.6 cm³/mol. The van der Waals surface area contributed by atoms with Gasteiger partial charge in [-0.1, -0.05) is 0 Å². The Morgan fingerprint density at radius 1 is 1.67 bits per heavy atom. The smallest absolute Gasteiger partial charge is 0.141 e. The van der Waals surface area contributed by atoms with E-state index in [0.29, 0.717) is 18.1 Å². The average Bonchev–Trinajstić information content (AvgIpc) is 2.61. The minimum absolute atomic E-state index is 0.0226. The van der Waals surface area contributed by atoms with Gasteiger partial charge < -0.3 is 0 Å². The maximum absolute atomic E-state index is 10.9. The summed E-state index contributed by atoms with van der Waals surface area (Å²) in [7, 11) is 0. The Labute approximate surface area is 54.4 Å². The Morgan fingerprint density at radius 2 is 2.33 bits per heavy atom. The zero-order chi connectivity index (χ0) is 6.48. The van der Waals surface area contributed by atoms with E-state index in [9.17, 15) is 4.79 Å². The first kappa shape index (κ1) is 5.05. The molecule has 2 aliphatic rings. The van der Waals surface area contributed by atoms with Gasteiger partial charge in [0.15, 0.2) is 0 Å². The maximum Gasteiger partial charge on any atom is 0.141 e. The Balaban J connectivity index is 2.22. The summed E-state index contributed by atoms with van der Waals surface area (Å²) >= 11 is 0. The molecule has 0 aliphatic heterocycles.